The van der Waals surface area contributed by atoms with Crippen LogP contribution in [-0.4, -0.2) is 25.4 Å². The van der Waals surface area contributed by atoms with Gasteiger partial charge in [0.2, 0.25) is 0 Å². The third-order valence-corrected chi connectivity index (χ3v) is 4.79. The van der Waals surface area contributed by atoms with Crippen molar-refractivity contribution >= 4 is 5.69 Å². The largest absolute Gasteiger partial charge is 0.494 e. The summed E-state index contributed by atoms with van der Waals surface area (Å²) in [5.74, 6) is 0.260. The van der Waals surface area contributed by atoms with Gasteiger partial charge in [0.15, 0.2) is 0 Å². The molecule has 3 nitrogen and oxygen atoms in total. The Morgan fingerprint density at radius 1 is 1.29 bits per heavy atom. The maximum atomic E-state index is 13.2. The van der Waals surface area contributed by atoms with E-state index in [4.69, 9.17) is 9.47 Å². The van der Waals surface area contributed by atoms with Gasteiger partial charge in [-0.15, -0.1) is 0 Å². The van der Waals surface area contributed by atoms with Crippen LogP contribution in [0.25, 0.3) is 0 Å². The lowest BCUT2D eigenvalue weighted by molar-refractivity contribution is -0.0588. The SMILES string of the molecule is COc1cc(F)ccc1NCC1CCC2(CCCCC2)O1. The normalized spacial score (nSPS) is 24.2. The smallest absolute Gasteiger partial charge is 0.144 e. The van der Waals surface area contributed by atoms with Crippen molar-refractivity contribution in [2.24, 2.45) is 0 Å². The third kappa shape index (κ3) is 3.31. The molecule has 1 aromatic rings. The van der Waals surface area contributed by atoms with E-state index in [1.54, 1.807) is 13.2 Å². The summed E-state index contributed by atoms with van der Waals surface area (Å²) in [6.45, 7) is 0.754. The summed E-state index contributed by atoms with van der Waals surface area (Å²) >= 11 is 0. The maximum absolute atomic E-state index is 13.2. The van der Waals surface area contributed by atoms with Crippen LogP contribution in [0.15, 0.2) is 18.2 Å². The van der Waals surface area contributed by atoms with Crippen LogP contribution in [0.1, 0.15) is 44.9 Å². The lowest BCUT2D eigenvalue weighted by Gasteiger charge is -2.33. The predicted octanol–water partition coefficient (Wildman–Crippen LogP) is 4.13. The number of halogens is 1. The van der Waals surface area contributed by atoms with Gasteiger partial charge in [0.25, 0.3) is 0 Å². The van der Waals surface area contributed by atoms with E-state index in [0.717, 1.165) is 18.7 Å². The van der Waals surface area contributed by atoms with Gasteiger partial charge in [0.05, 0.1) is 24.5 Å². The highest BCUT2D eigenvalue weighted by Gasteiger charge is 2.40. The molecule has 2 fully saturated rings. The van der Waals surface area contributed by atoms with Gasteiger partial charge < -0.3 is 14.8 Å². The first-order valence-corrected chi connectivity index (χ1v) is 7.96. The second-order valence-corrected chi connectivity index (χ2v) is 6.25. The summed E-state index contributed by atoms with van der Waals surface area (Å²) in [6, 6.07) is 4.57. The fourth-order valence-corrected chi connectivity index (χ4v) is 3.64. The minimum absolute atomic E-state index is 0.150. The van der Waals surface area contributed by atoms with Crippen LogP contribution in [0.4, 0.5) is 10.1 Å². The van der Waals surface area contributed by atoms with Gasteiger partial charge in [-0.2, -0.15) is 0 Å². The molecule has 0 bridgehead atoms. The van der Waals surface area contributed by atoms with Gasteiger partial charge >= 0.3 is 0 Å². The van der Waals surface area contributed by atoms with Gasteiger partial charge in [0, 0.05) is 12.6 Å². The first-order chi connectivity index (χ1) is 10.2. The minimum Gasteiger partial charge on any atom is -0.494 e. The van der Waals surface area contributed by atoms with Gasteiger partial charge in [0.1, 0.15) is 11.6 Å². The number of ether oxygens (including phenoxy) is 2. The van der Waals surface area contributed by atoms with Crippen LogP contribution < -0.4 is 10.1 Å². The molecule has 1 saturated heterocycles. The number of anilines is 1. The maximum Gasteiger partial charge on any atom is 0.144 e. The Kier molecular flexibility index (Phi) is 4.34. The molecule has 0 amide bonds. The zero-order valence-corrected chi connectivity index (χ0v) is 12.7. The summed E-state index contributed by atoms with van der Waals surface area (Å²) in [5, 5.41) is 3.34. The van der Waals surface area contributed by atoms with Crippen molar-refractivity contribution in [1.29, 1.82) is 0 Å². The topological polar surface area (TPSA) is 30.5 Å². The van der Waals surface area contributed by atoms with Crippen LogP contribution in [0, 0.1) is 5.82 Å². The highest BCUT2D eigenvalue weighted by Crippen LogP contribution is 2.42. The van der Waals surface area contributed by atoms with Crippen molar-refractivity contribution < 1.29 is 13.9 Å². The van der Waals surface area contributed by atoms with Crippen molar-refractivity contribution in [3.63, 3.8) is 0 Å². The predicted molar refractivity (Wildman–Crippen MR) is 81.4 cm³/mol. The Bertz CT molecular complexity index is 486. The average Bonchev–Trinajstić information content (AvgIpc) is 2.89. The van der Waals surface area contributed by atoms with Crippen molar-refractivity contribution in [1.82, 2.24) is 0 Å². The summed E-state index contributed by atoms with van der Waals surface area (Å²) in [7, 11) is 1.56. The lowest BCUT2D eigenvalue weighted by atomic mass is 9.83. The first kappa shape index (κ1) is 14.6. The van der Waals surface area contributed by atoms with Crippen LogP contribution in [0.2, 0.25) is 0 Å². The Morgan fingerprint density at radius 2 is 2.10 bits per heavy atom. The van der Waals surface area contributed by atoms with Crippen LogP contribution in [0.3, 0.4) is 0 Å². The molecule has 116 valence electrons. The Balaban J connectivity index is 1.56. The van der Waals surface area contributed by atoms with Gasteiger partial charge in [-0.05, 0) is 37.8 Å². The van der Waals surface area contributed by atoms with Crippen molar-refractivity contribution in [2.75, 3.05) is 19.0 Å². The zero-order chi connectivity index (χ0) is 14.7. The Morgan fingerprint density at radius 3 is 2.86 bits per heavy atom. The van der Waals surface area contributed by atoms with E-state index in [0.29, 0.717) is 5.75 Å². The monoisotopic (exact) mass is 293 g/mol. The third-order valence-electron chi connectivity index (χ3n) is 4.79. The standard InChI is InChI=1S/C17H24FNO2/c1-20-16-11-13(18)5-6-15(16)19-12-14-7-10-17(21-14)8-3-2-4-9-17/h5-6,11,14,19H,2-4,7-10,12H2,1H3. The molecule has 3 rings (SSSR count). The zero-order valence-electron chi connectivity index (χ0n) is 12.7. The second-order valence-electron chi connectivity index (χ2n) is 6.25. The number of benzene rings is 1. The highest BCUT2D eigenvalue weighted by molar-refractivity contribution is 5.56. The van der Waals surface area contributed by atoms with Crippen LogP contribution in [0.5, 0.6) is 5.75 Å². The number of methoxy groups -OCH3 is 1. The van der Waals surface area contributed by atoms with E-state index >= 15 is 0 Å². The van der Waals surface area contributed by atoms with E-state index in [9.17, 15) is 4.39 Å². The molecule has 1 aliphatic carbocycles. The Hall–Kier alpha value is -1.29. The van der Waals surface area contributed by atoms with E-state index in [1.165, 1.54) is 50.7 Å². The summed E-state index contributed by atoms with van der Waals surface area (Å²) in [6.07, 6.45) is 8.90. The molecule has 0 radical (unpaired) electrons. The molecular weight excluding hydrogens is 269 g/mol. The van der Waals surface area contributed by atoms with Crippen LogP contribution in [-0.2, 0) is 4.74 Å². The lowest BCUT2D eigenvalue weighted by Crippen LogP contribution is -2.33. The first-order valence-electron chi connectivity index (χ1n) is 7.96. The molecule has 1 unspecified atom stereocenters. The van der Waals surface area contributed by atoms with E-state index in [2.05, 4.69) is 5.32 Å². The van der Waals surface area contributed by atoms with E-state index in [1.807, 2.05) is 0 Å². The molecule has 1 aromatic carbocycles. The quantitative estimate of drug-likeness (QED) is 0.905. The van der Waals surface area contributed by atoms with Crippen molar-refractivity contribution in [3.05, 3.63) is 24.0 Å². The molecule has 1 spiro atoms. The number of hydrogen-bond donors (Lipinski definition) is 1. The molecular formula is C17H24FNO2. The minimum atomic E-state index is -0.282. The van der Waals surface area contributed by atoms with Crippen LogP contribution >= 0.6 is 0 Å². The molecule has 0 aromatic heterocycles. The number of nitrogens with one attached hydrogen (secondary N) is 1. The molecule has 21 heavy (non-hydrogen) atoms. The van der Waals surface area contributed by atoms with E-state index in [-0.39, 0.29) is 17.5 Å². The molecule has 1 atom stereocenters. The number of rotatable bonds is 4. The highest BCUT2D eigenvalue weighted by atomic mass is 19.1. The Labute approximate surface area is 125 Å². The second kappa shape index (κ2) is 6.22. The summed E-state index contributed by atoms with van der Waals surface area (Å²) in [4.78, 5) is 0. The molecule has 2 aliphatic rings. The summed E-state index contributed by atoms with van der Waals surface area (Å²) < 4.78 is 24.7. The van der Waals surface area contributed by atoms with Crippen molar-refractivity contribution in [2.45, 2.75) is 56.7 Å². The summed E-state index contributed by atoms with van der Waals surface area (Å²) in [5.41, 5.74) is 0.976. The fraction of sp³-hybridized carbons (Fsp3) is 0.647. The van der Waals surface area contributed by atoms with Gasteiger partial charge in [-0.3, -0.25) is 0 Å². The van der Waals surface area contributed by atoms with Gasteiger partial charge in [-0.1, -0.05) is 19.3 Å². The molecule has 1 N–H and O–H groups in total. The van der Waals surface area contributed by atoms with E-state index < -0.39 is 0 Å². The van der Waals surface area contributed by atoms with Crippen molar-refractivity contribution in [3.8, 4) is 5.75 Å². The molecule has 1 saturated carbocycles. The molecule has 1 heterocycles. The molecule has 4 heteroatoms. The molecule has 1 aliphatic heterocycles. The fourth-order valence-electron chi connectivity index (χ4n) is 3.64. The van der Waals surface area contributed by atoms with Gasteiger partial charge in [-0.25, -0.2) is 4.39 Å². The number of hydrogen-bond acceptors (Lipinski definition) is 3. The average molecular weight is 293 g/mol.